The maximum absolute atomic E-state index is 9.78. The first-order valence-corrected chi connectivity index (χ1v) is 3.61. The van der Waals surface area contributed by atoms with Gasteiger partial charge in [-0.25, -0.2) is 0 Å². The summed E-state index contributed by atoms with van der Waals surface area (Å²) < 4.78 is 20.7. The molecule has 0 heterocycles. The number of nitrogens with zero attached hydrogens (tertiary/aromatic N) is 1. The molecule has 0 spiro atoms. The Morgan fingerprint density at radius 1 is 1.18 bits per heavy atom. The molecule has 0 bridgehead atoms. The Hall–Kier alpha value is -0.155. The van der Waals surface area contributed by atoms with Crippen LogP contribution in [0.25, 0.3) is 0 Å². The Morgan fingerprint density at radius 3 is 1.36 bits per heavy atom. The molecular weight excluding hydrogens is 151 g/mol. The van der Waals surface area contributed by atoms with Gasteiger partial charge in [0.2, 0.25) is 0 Å². The first kappa shape index (κ1) is 13.4. The van der Waals surface area contributed by atoms with Gasteiger partial charge in [-0.1, -0.05) is 0 Å². The highest BCUT2D eigenvalue weighted by molar-refractivity contribution is 6.30. The van der Waals surface area contributed by atoms with E-state index in [2.05, 4.69) is 27.9 Å². The fraction of sp³-hybridized carbons (Fsp3) is 1.00. The molecule has 0 N–H and O–H groups in total. The van der Waals surface area contributed by atoms with E-state index < -0.39 is 7.47 Å². The predicted octanol–water partition coefficient (Wildman–Crippen LogP) is 0.373. The van der Waals surface area contributed by atoms with Gasteiger partial charge in [0, 0.05) is 0 Å². The molecule has 0 radical (unpaired) electrons. The molecule has 2 nitrogen and oxygen atoms in total. The molecule has 0 rings (SSSR count). The van der Waals surface area contributed by atoms with Crippen LogP contribution in [0.1, 0.15) is 13.8 Å². The summed E-state index contributed by atoms with van der Waals surface area (Å²) in [5, 5.41) is 8.19. The Morgan fingerprint density at radius 2 is 1.36 bits per heavy atom. The van der Waals surface area contributed by atoms with Gasteiger partial charge in [-0.2, -0.15) is 0 Å². The average molecular weight is 167 g/mol. The van der Waals surface area contributed by atoms with Crippen LogP contribution in [0.4, 0.5) is 8.63 Å². The molecule has 0 unspecified atom stereocenters. The first-order valence-electron chi connectivity index (χ1n) is 3.61. The molecule has 0 aliphatic carbocycles. The zero-order valence-corrected chi connectivity index (χ0v) is 7.60. The molecule has 0 aromatic rings. The number of halogens is 2. The summed E-state index contributed by atoms with van der Waals surface area (Å²) in [5.41, 5.74) is 0. The zero-order chi connectivity index (χ0) is 9.49. The zero-order valence-electron chi connectivity index (χ0n) is 7.60. The van der Waals surface area contributed by atoms with Gasteiger partial charge in [-0.3, -0.25) is 0 Å². The second-order valence-electron chi connectivity index (χ2n) is 2.83. The van der Waals surface area contributed by atoms with Crippen molar-refractivity contribution in [3.63, 3.8) is 0 Å². The standard InChI is InChI=1S/C6H16N.BF2O/c1-5-7(3,4)6-2;2-1(3)4/h5-6H2,1-4H3;/q+1;-1. The number of hydrogen-bond acceptors (Lipinski definition) is 1. The van der Waals surface area contributed by atoms with Crippen molar-refractivity contribution in [2.45, 2.75) is 13.8 Å². The van der Waals surface area contributed by atoms with E-state index >= 15 is 0 Å². The van der Waals surface area contributed by atoms with Crippen molar-refractivity contribution >= 4 is 7.47 Å². The van der Waals surface area contributed by atoms with E-state index in [4.69, 9.17) is 5.02 Å². The Labute approximate surface area is 67.6 Å². The highest BCUT2D eigenvalue weighted by Gasteiger charge is 2.04. The monoisotopic (exact) mass is 167 g/mol. The predicted molar refractivity (Wildman–Crippen MR) is 41.2 cm³/mol. The second kappa shape index (κ2) is 6.55. The maximum atomic E-state index is 9.78. The molecule has 0 atom stereocenters. The minimum atomic E-state index is -3.42. The van der Waals surface area contributed by atoms with Gasteiger partial charge in [-0.05, 0) is 13.8 Å². The highest BCUT2D eigenvalue weighted by atomic mass is 19.2. The number of rotatable bonds is 2. The summed E-state index contributed by atoms with van der Waals surface area (Å²) in [7, 11) is 1.06. The van der Waals surface area contributed by atoms with E-state index in [1.165, 1.54) is 13.1 Å². The van der Waals surface area contributed by atoms with Crippen LogP contribution in [0.2, 0.25) is 0 Å². The number of quaternary nitrogens is 1. The molecular formula is C6H16BF2NO. The molecule has 11 heavy (non-hydrogen) atoms. The molecule has 68 valence electrons. The molecule has 0 aliphatic rings. The molecule has 0 fully saturated rings. The van der Waals surface area contributed by atoms with E-state index in [1.807, 2.05) is 0 Å². The van der Waals surface area contributed by atoms with Gasteiger partial charge in [0.05, 0.1) is 27.2 Å². The third kappa shape index (κ3) is 17.7. The lowest BCUT2D eigenvalue weighted by atomic mass is 10.4. The third-order valence-electron chi connectivity index (χ3n) is 1.71. The maximum Gasteiger partial charge on any atom is 0.447 e. The summed E-state index contributed by atoms with van der Waals surface area (Å²) >= 11 is 0. The van der Waals surface area contributed by atoms with E-state index in [0.29, 0.717) is 0 Å². The van der Waals surface area contributed by atoms with Crippen molar-refractivity contribution in [1.29, 1.82) is 0 Å². The quantitative estimate of drug-likeness (QED) is 0.430. The van der Waals surface area contributed by atoms with E-state index in [1.54, 1.807) is 0 Å². The SMILES string of the molecule is CC[N+](C)(C)CC.[O-]B(F)F. The first-order chi connectivity index (χ1) is 4.85. The molecule has 0 aromatic carbocycles. The van der Waals surface area contributed by atoms with Crippen LogP contribution in [-0.2, 0) is 0 Å². The van der Waals surface area contributed by atoms with Gasteiger partial charge in [0.15, 0.2) is 0 Å². The highest BCUT2D eigenvalue weighted by Crippen LogP contribution is 1.91. The van der Waals surface area contributed by atoms with Crippen molar-refractivity contribution in [2.75, 3.05) is 27.2 Å². The van der Waals surface area contributed by atoms with Crippen LogP contribution >= 0.6 is 0 Å². The van der Waals surface area contributed by atoms with Crippen LogP contribution in [0.3, 0.4) is 0 Å². The molecule has 0 aromatic heterocycles. The molecule has 0 aliphatic heterocycles. The van der Waals surface area contributed by atoms with Gasteiger partial charge >= 0.3 is 7.47 Å². The van der Waals surface area contributed by atoms with E-state index in [9.17, 15) is 8.63 Å². The second-order valence-corrected chi connectivity index (χ2v) is 2.83. The van der Waals surface area contributed by atoms with E-state index in [-0.39, 0.29) is 0 Å². The molecule has 0 saturated heterocycles. The average Bonchev–Trinajstić information content (AvgIpc) is 1.87. The Bertz CT molecular complexity index is 81.9. The van der Waals surface area contributed by atoms with Crippen LogP contribution in [0.5, 0.6) is 0 Å². The lowest BCUT2D eigenvalue weighted by molar-refractivity contribution is -0.886. The molecule has 0 amide bonds. The lowest BCUT2D eigenvalue weighted by Gasteiger charge is -2.25. The summed E-state index contributed by atoms with van der Waals surface area (Å²) in [6, 6.07) is 0. The number of hydrogen-bond donors (Lipinski definition) is 0. The van der Waals surface area contributed by atoms with Crippen molar-refractivity contribution in [3.05, 3.63) is 0 Å². The van der Waals surface area contributed by atoms with Crippen molar-refractivity contribution in [2.24, 2.45) is 0 Å². The van der Waals surface area contributed by atoms with Gasteiger partial charge < -0.3 is 18.1 Å². The van der Waals surface area contributed by atoms with Crippen molar-refractivity contribution in [1.82, 2.24) is 0 Å². The lowest BCUT2D eigenvalue weighted by Crippen LogP contribution is -2.38. The molecule has 0 saturated carbocycles. The van der Waals surface area contributed by atoms with Gasteiger partial charge in [0.1, 0.15) is 0 Å². The summed E-state index contributed by atoms with van der Waals surface area (Å²) in [6.07, 6.45) is 0. The largest absolute Gasteiger partial charge is 0.824 e. The van der Waals surface area contributed by atoms with Crippen molar-refractivity contribution in [3.8, 4) is 0 Å². The minimum Gasteiger partial charge on any atom is -0.824 e. The van der Waals surface area contributed by atoms with Gasteiger partial charge in [-0.15, -0.1) is 0 Å². The summed E-state index contributed by atoms with van der Waals surface area (Å²) in [4.78, 5) is 0. The van der Waals surface area contributed by atoms with Crippen LogP contribution in [0.15, 0.2) is 0 Å². The van der Waals surface area contributed by atoms with E-state index in [0.717, 1.165) is 4.48 Å². The summed E-state index contributed by atoms with van der Waals surface area (Å²) in [5.74, 6) is 0. The topological polar surface area (TPSA) is 23.1 Å². The fourth-order valence-electron chi connectivity index (χ4n) is 0.224. The van der Waals surface area contributed by atoms with Crippen LogP contribution < -0.4 is 5.02 Å². The minimum absolute atomic E-state index is 1.14. The Kier molecular flexibility index (Phi) is 8.00. The Balaban J connectivity index is 0. The molecule has 5 heteroatoms. The smallest absolute Gasteiger partial charge is 0.447 e. The normalized spacial score (nSPS) is 10.1. The fourth-order valence-corrected chi connectivity index (χ4v) is 0.224. The van der Waals surface area contributed by atoms with Gasteiger partial charge in [0.25, 0.3) is 0 Å². The van der Waals surface area contributed by atoms with Crippen LogP contribution in [0, 0.1) is 0 Å². The summed E-state index contributed by atoms with van der Waals surface area (Å²) in [6.45, 7) is 6.89. The van der Waals surface area contributed by atoms with Crippen LogP contribution in [-0.4, -0.2) is 39.1 Å². The third-order valence-corrected chi connectivity index (χ3v) is 1.71. The van der Waals surface area contributed by atoms with Crippen molar-refractivity contribution < 1.29 is 18.1 Å².